The third kappa shape index (κ3) is 5.52. The standard InChI is InChI=1S/C14H25NO3/c1-2-4-11-6-8-12(9-7-11)14(18)15-10-3-5-13(16)17/h11-12H,2-10H2,1H3,(H,15,18)(H,16,17). The van der Waals surface area contributed by atoms with Crippen molar-refractivity contribution in [1.29, 1.82) is 0 Å². The summed E-state index contributed by atoms with van der Waals surface area (Å²) < 4.78 is 0. The Hall–Kier alpha value is -1.06. The van der Waals surface area contributed by atoms with E-state index in [9.17, 15) is 9.59 Å². The summed E-state index contributed by atoms with van der Waals surface area (Å²) in [6.45, 7) is 2.70. The molecular formula is C14H25NO3. The van der Waals surface area contributed by atoms with Crippen LogP contribution >= 0.6 is 0 Å². The van der Waals surface area contributed by atoms with Gasteiger partial charge in [-0.2, -0.15) is 0 Å². The molecule has 0 unspecified atom stereocenters. The predicted octanol–water partition coefficient (Wildman–Crippen LogP) is 2.57. The molecule has 104 valence electrons. The first-order chi connectivity index (χ1) is 8.63. The van der Waals surface area contributed by atoms with Crippen LogP contribution in [0.4, 0.5) is 0 Å². The number of hydrogen-bond acceptors (Lipinski definition) is 2. The van der Waals surface area contributed by atoms with E-state index in [0.29, 0.717) is 13.0 Å². The molecule has 1 aliphatic rings. The van der Waals surface area contributed by atoms with Gasteiger partial charge >= 0.3 is 5.97 Å². The van der Waals surface area contributed by atoms with Gasteiger partial charge in [-0.15, -0.1) is 0 Å². The van der Waals surface area contributed by atoms with E-state index in [2.05, 4.69) is 12.2 Å². The lowest BCUT2D eigenvalue weighted by Gasteiger charge is -2.27. The number of nitrogens with one attached hydrogen (secondary N) is 1. The van der Waals surface area contributed by atoms with E-state index in [1.54, 1.807) is 0 Å². The highest BCUT2D eigenvalue weighted by Crippen LogP contribution is 2.31. The molecule has 0 bridgehead atoms. The van der Waals surface area contributed by atoms with Gasteiger partial charge in [-0.05, 0) is 38.0 Å². The molecule has 0 aromatic carbocycles. The molecule has 0 atom stereocenters. The van der Waals surface area contributed by atoms with Crippen molar-refractivity contribution in [2.45, 2.75) is 58.3 Å². The molecule has 0 heterocycles. The third-order valence-corrected chi connectivity index (χ3v) is 3.78. The minimum atomic E-state index is -0.802. The Morgan fingerprint density at radius 3 is 2.44 bits per heavy atom. The predicted molar refractivity (Wildman–Crippen MR) is 70.2 cm³/mol. The fourth-order valence-electron chi connectivity index (χ4n) is 2.72. The fraction of sp³-hybridized carbons (Fsp3) is 0.857. The molecule has 1 aliphatic carbocycles. The smallest absolute Gasteiger partial charge is 0.303 e. The van der Waals surface area contributed by atoms with E-state index >= 15 is 0 Å². The SMILES string of the molecule is CCCC1CCC(C(=O)NCCCC(=O)O)CC1. The first-order valence-corrected chi connectivity index (χ1v) is 7.13. The molecule has 0 aromatic rings. The van der Waals surface area contributed by atoms with Gasteiger partial charge in [0.25, 0.3) is 0 Å². The van der Waals surface area contributed by atoms with Crippen LogP contribution in [0.25, 0.3) is 0 Å². The zero-order valence-corrected chi connectivity index (χ0v) is 11.3. The molecule has 1 amide bonds. The molecule has 1 saturated carbocycles. The lowest BCUT2D eigenvalue weighted by atomic mass is 9.80. The van der Waals surface area contributed by atoms with Crippen LogP contribution in [-0.2, 0) is 9.59 Å². The second-order valence-corrected chi connectivity index (χ2v) is 5.29. The largest absolute Gasteiger partial charge is 0.481 e. The highest BCUT2D eigenvalue weighted by atomic mass is 16.4. The number of carbonyl (C=O) groups is 2. The Bertz CT molecular complexity index is 270. The minimum Gasteiger partial charge on any atom is -0.481 e. The first kappa shape index (κ1) is 15.0. The van der Waals surface area contributed by atoms with E-state index in [0.717, 1.165) is 18.8 Å². The first-order valence-electron chi connectivity index (χ1n) is 7.13. The van der Waals surface area contributed by atoms with Gasteiger partial charge in [0.15, 0.2) is 0 Å². The topological polar surface area (TPSA) is 66.4 Å². The van der Waals surface area contributed by atoms with E-state index in [4.69, 9.17) is 5.11 Å². The highest BCUT2D eigenvalue weighted by Gasteiger charge is 2.25. The molecule has 0 radical (unpaired) electrons. The summed E-state index contributed by atoms with van der Waals surface area (Å²) in [5.74, 6) is 0.286. The second kappa shape index (κ2) is 8.11. The average Bonchev–Trinajstić information content (AvgIpc) is 2.35. The number of carbonyl (C=O) groups excluding carboxylic acids is 1. The number of hydrogen-bond donors (Lipinski definition) is 2. The molecule has 2 N–H and O–H groups in total. The van der Waals surface area contributed by atoms with Gasteiger partial charge < -0.3 is 10.4 Å². The van der Waals surface area contributed by atoms with Crippen molar-refractivity contribution in [3.8, 4) is 0 Å². The van der Waals surface area contributed by atoms with Crippen LogP contribution in [0.2, 0.25) is 0 Å². The molecule has 0 spiro atoms. The van der Waals surface area contributed by atoms with E-state index < -0.39 is 5.97 Å². The molecule has 4 heteroatoms. The van der Waals surface area contributed by atoms with Crippen LogP contribution in [-0.4, -0.2) is 23.5 Å². The van der Waals surface area contributed by atoms with Crippen LogP contribution in [0.5, 0.6) is 0 Å². The van der Waals surface area contributed by atoms with Crippen molar-refractivity contribution >= 4 is 11.9 Å². The molecular weight excluding hydrogens is 230 g/mol. The maximum Gasteiger partial charge on any atom is 0.303 e. The van der Waals surface area contributed by atoms with E-state index in [1.165, 1.54) is 25.7 Å². The zero-order chi connectivity index (χ0) is 13.4. The Morgan fingerprint density at radius 1 is 1.22 bits per heavy atom. The Balaban J connectivity index is 2.14. The summed E-state index contributed by atoms with van der Waals surface area (Å²) >= 11 is 0. The van der Waals surface area contributed by atoms with E-state index in [-0.39, 0.29) is 18.2 Å². The Morgan fingerprint density at radius 2 is 1.89 bits per heavy atom. The van der Waals surface area contributed by atoms with Gasteiger partial charge in [-0.1, -0.05) is 19.8 Å². The Labute approximate surface area is 109 Å². The number of carboxylic acid groups (broad SMARTS) is 1. The summed E-state index contributed by atoms with van der Waals surface area (Å²) in [4.78, 5) is 22.2. The maximum absolute atomic E-state index is 11.8. The van der Waals surface area contributed by atoms with Gasteiger partial charge in [0.05, 0.1) is 0 Å². The van der Waals surface area contributed by atoms with Crippen molar-refractivity contribution in [2.24, 2.45) is 11.8 Å². The van der Waals surface area contributed by atoms with Gasteiger partial charge in [-0.25, -0.2) is 0 Å². The number of amides is 1. The monoisotopic (exact) mass is 255 g/mol. The van der Waals surface area contributed by atoms with Crippen molar-refractivity contribution in [3.63, 3.8) is 0 Å². The minimum absolute atomic E-state index is 0.121. The summed E-state index contributed by atoms with van der Waals surface area (Å²) in [6, 6.07) is 0. The van der Waals surface area contributed by atoms with Crippen LogP contribution < -0.4 is 5.32 Å². The molecule has 0 aromatic heterocycles. The highest BCUT2D eigenvalue weighted by molar-refractivity contribution is 5.78. The maximum atomic E-state index is 11.8. The molecule has 1 rings (SSSR count). The lowest BCUT2D eigenvalue weighted by Crippen LogP contribution is -2.33. The normalized spacial score (nSPS) is 23.6. The van der Waals surface area contributed by atoms with Crippen LogP contribution in [0.15, 0.2) is 0 Å². The molecule has 4 nitrogen and oxygen atoms in total. The van der Waals surface area contributed by atoms with Crippen LogP contribution in [0, 0.1) is 11.8 Å². The molecule has 0 aliphatic heterocycles. The van der Waals surface area contributed by atoms with Crippen molar-refractivity contribution in [3.05, 3.63) is 0 Å². The summed E-state index contributed by atoms with van der Waals surface area (Å²) in [5, 5.41) is 11.3. The number of carboxylic acids is 1. The molecule has 18 heavy (non-hydrogen) atoms. The quantitative estimate of drug-likeness (QED) is 0.687. The third-order valence-electron chi connectivity index (χ3n) is 3.78. The van der Waals surface area contributed by atoms with Crippen LogP contribution in [0.3, 0.4) is 0 Å². The second-order valence-electron chi connectivity index (χ2n) is 5.29. The van der Waals surface area contributed by atoms with E-state index in [1.807, 2.05) is 0 Å². The van der Waals surface area contributed by atoms with Crippen molar-refractivity contribution in [1.82, 2.24) is 5.32 Å². The number of rotatable bonds is 7. The van der Waals surface area contributed by atoms with Gasteiger partial charge in [-0.3, -0.25) is 9.59 Å². The summed E-state index contributed by atoms with van der Waals surface area (Å²) in [6.07, 6.45) is 7.49. The van der Waals surface area contributed by atoms with Gasteiger partial charge in [0, 0.05) is 18.9 Å². The zero-order valence-electron chi connectivity index (χ0n) is 11.3. The van der Waals surface area contributed by atoms with Crippen LogP contribution in [0.1, 0.15) is 58.3 Å². The van der Waals surface area contributed by atoms with Gasteiger partial charge in [0.1, 0.15) is 0 Å². The summed E-state index contributed by atoms with van der Waals surface area (Å²) in [7, 11) is 0. The van der Waals surface area contributed by atoms with Gasteiger partial charge in [0.2, 0.25) is 5.91 Å². The molecule has 1 fully saturated rings. The Kier molecular flexibility index (Phi) is 6.76. The lowest BCUT2D eigenvalue weighted by molar-refractivity contribution is -0.137. The van der Waals surface area contributed by atoms with Crippen molar-refractivity contribution in [2.75, 3.05) is 6.54 Å². The van der Waals surface area contributed by atoms with Crippen molar-refractivity contribution < 1.29 is 14.7 Å². The average molecular weight is 255 g/mol. The number of aliphatic carboxylic acids is 1. The molecule has 0 saturated heterocycles. The fourth-order valence-corrected chi connectivity index (χ4v) is 2.72. The summed E-state index contributed by atoms with van der Waals surface area (Å²) in [5.41, 5.74) is 0.